The zero-order chi connectivity index (χ0) is 20.7. The van der Waals surface area contributed by atoms with Crippen molar-refractivity contribution >= 4 is 43.6 Å². The smallest absolute Gasteiger partial charge is 0.253 e. The second-order valence-electron chi connectivity index (χ2n) is 7.21. The van der Waals surface area contributed by atoms with Crippen LogP contribution in [-0.2, 0) is 24.7 Å². The molecule has 4 aromatic rings. The van der Waals surface area contributed by atoms with Gasteiger partial charge in [0.15, 0.2) is 5.13 Å². The number of hydrogen-bond acceptors (Lipinski definition) is 5. The van der Waals surface area contributed by atoms with E-state index in [1.807, 2.05) is 19.9 Å². The molecule has 0 atom stereocenters. The summed E-state index contributed by atoms with van der Waals surface area (Å²) >= 11 is 1.47. The number of anilines is 1. The molecule has 8 heteroatoms. The van der Waals surface area contributed by atoms with Gasteiger partial charge in [-0.3, -0.25) is 14.3 Å². The fraction of sp³-hybridized carbons (Fsp3) is 0.333. The number of carbonyl (C=O) groups excluding carboxylic acids is 1. The van der Waals surface area contributed by atoms with Crippen molar-refractivity contribution in [1.82, 2.24) is 19.7 Å². The van der Waals surface area contributed by atoms with Crippen LogP contribution in [0.25, 0.3) is 21.3 Å². The number of aryl methyl sites for hydroxylation is 4. The molecule has 0 aliphatic heterocycles. The molecule has 4 rings (SSSR count). The van der Waals surface area contributed by atoms with Gasteiger partial charge in [0.2, 0.25) is 5.91 Å². The monoisotopic (exact) mass is 409 g/mol. The molecule has 0 aliphatic carbocycles. The van der Waals surface area contributed by atoms with E-state index >= 15 is 0 Å². The molecule has 0 spiro atoms. The summed E-state index contributed by atoms with van der Waals surface area (Å²) in [6.45, 7) is 5.94. The maximum atomic E-state index is 12.5. The molecule has 7 nitrogen and oxygen atoms in total. The van der Waals surface area contributed by atoms with Gasteiger partial charge in [0.25, 0.3) is 5.56 Å². The number of pyridine rings is 1. The minimum atomic E-state index is -0.169. The third-order valence-corrected chi connectivity index (χ3v) is 6.20. The fourth-order valence-corrected chi connectivity index (χ4v) is 4.66. The first-order valence-corrected chi connectivity index (χ1v) is 10.4. The van der Waals surface area contributed by atoms with E-state index < -0.39 is 0 Å². The average molecular weight is 410 g/mol. The molecular weight excluding hydrogens is 386 g/mol. The van der Waals surface area contributed by atoms with Crippen molar-refractivity contribution in [2.45, 2.75) is 40.0 Å². The molecule has 0 saturated carbocycles. The van der Waals surface area contributed by atoms with Crippen molar-refractivity contribution in [2.75, 3.05) is 5.32 Å². The van der Waals surface area contributed by atoms with Crippen LogP contribution < -0.4 is 10.9 Å². The molecule has 0 fully saturated rings. The van der Waals surface area contributed by atoms with Crippen molar-refractivity contribution in [3.63, 3.8) is 0 Å². The van der Waals surface area contributed by atoms with Gasteiger partial charge in [-0.05, 0) is 49.9 Å². The number of hydrogen-bond donors (Lipinski definition) is 2. The Morgan fingerprint density at radius 1 is 1.31 bits per heavy atom. The summed E-state index contributed by atoms with van der Waals surface area (Å²) < 4.78 is 2.73. The van der Waals surface area contributed by atoms with E-state index in [2.05, 4.69) is 39.4 Å². The number of nitrogens with zero attached hydrogens (tertiary/aromatic N) is 3. The van der Waals surface area contributed by atoms with Crippen molar-refractivity contribution < 1.29 is 4.79 Å². The molecule has 150 valence electrons. The van der Waals surface area contributed by atoms with Crippen LogP contribution in [0.2, 0.25) is 0 Å². The number of aromatic nitrogens is 4. The Labute approximate surface area is 171 Å². The first-order valence-electron chi connectivity index (χ1n) is 9.61. The summed E-state index contributed by atoms with van der Waals surface area (Å²) in [7, 11) is 1.80. The topological polar surface area (TPSA) is 92.7 Å². The Morgan fingerprint density at radius 2 is 2.10 bits per heavy atom. The van der Waals surface area contributed by atoms with E-state index in [-0.39, 0.29) is 17.9 Å². The molecule has 3 heterocycles. The van der Waals surface area contributed by atoms with Crippen LogP contribution >= 0.6 is 11.3 Å². The number of amides is 1. The van der Waals surface area contributed by atoms with Crippen LogP contribution in [0.3, 0.4) is 0 Å². The van der Waals surface area contributed by atoms with Gasteiger partial charge in [-0.15, -0.1) is 0 Å². The highest BCUT2D eigenvalue weighted by atomic mass is 32.1. The standard InChI is InChI=1S/C21H23N5O2S/c1-5-13-6-8-15-16(10-13)29-21(22-15)23-17(27)9-7-14-11(2)18-12(3)25-26(4)19(18)24-20(14)28/h6,8,10H,5,7,9H2,1-4H3,(H,24,28)(H,22,23,27). The minimum Gasteiger partial charge on any atom is -0.307 e. The van der Waals surface area contributed by atoms with Gasteiger partial charge in [-0.2, -0.15) is 5.10 Å². The summed E-state index contributed by atoms with van der Waals surface area (Å²) in [5.41, 5.74) is 5.04. The van der Waals surface area contributed by atoms with Crippen LogP contribution in [-0.4, -0.2) is 25.7 Å². The Balaban J connectivity index is 1.51. The van der Waals surface area contributed by atoms with E-state index in [9.17, 15) is 9.59 Å². The van der Waals surface area contributed by atoms with E-state index in [1.165, 1.54) is 16.9 Å². The highest BCUT2D eigenvalue weighted by molar-refractivity contribution is 7.22. The third-order valence-electron chi connectivity index (χ3n) is 5.27. The molecule has 3 aromatic heterocycles. The van der Waals surface area contributed by atoms with Gasteiger partial charge >= 0.3 is 0 Å². The normalized spacial score (nSPS) is 11.4. The minimum absolute atomic E-state index is 0.151. The Bertz CT molecular complexity index is 1300. The summed E-state index contributed by atoms with van der Waals surface area (Å²) in [5, 5.41) is 8.78. The van der Waals surface area contributed by atoms with Crippen LogP contribution in [0.5, 0.6) is 0 Å². The number of nitrogens with one attached hydrogen (secondary N) is 2. The number of H-pyrrole nitrogens is 1. The van der Waals surface area contributed by atoms with Crippen molar-refractivity contribution in [1.29, 1.82) is 0 Å². The second kappa shape index (κ2) is 7.44. The van der Waals surface area contributed by atoms with Gasteiger partial charge in [0.1, 0.15) is 5.65 Å². The van der Waals surface area contributed by atoms with E-state index in [0.717, 1.165) is 33.3 Å². The van der Waals surface area contributed by atoms with Gasteiger partial charge in [0, 0.05) is 24.4 Å². The number of fused-ring (bicyclic) bond motifs is 2. The SMILES string of the molecule is CCc1ccc2nc(NC(=O)CCc3c(C)c4c(C)nn(C)c4[nH]c3=O)sc2c1. The zero-order valence-corrected chi connectivity index (χ0v) is 17.7. The van der Waals surface area contributed by atoms with Crippen molar-refractivity contribution in [3.05, 3.63) is 50.9 Å². The van der Waals surface area contributed by atoms with Gasteiger partial charge in [0.05, 0.1) is 15.9 Å². The van der Waals surface area contributed by atoms with Crippen LogP contribution in [0, 0.1) is 13.8 Å². The lowest BCUT2D eigenvalue weighted by Crippen LogP contribution is -2.19. The van der Waals surface area contributed by atoms with Crippen molar-refractivity contribution in [3.8, 4) is 0 Å². The number of carbonyl (C=O) groups is 1. The summed E-state index contributed by atoms with van der Waals surface area (Å²) in [6, 6.07) is 6.14. The maximum absolute atomic E-state index is 12.5. The van der Waals surface area contributed by atoms with Crippen LogP contribution in [0.4, 0.5) is 5.13 Å². The molecule has 1 amide bonds. The molecule has 0 aliphatic rings. The van der Waals surface area contributed by atoms with E-state index in [1.54, 1.807) is 11.7 Å². The molecule has 0 saturated heterocycles. The van der Waals surface area contributed by atoms with E-state index in [0.29, 0.717) is 22.8 Å². The van der Waals surface area contributed by atoms with E-state index in [4.69, 9.17) is 0 Å². The average Bonchev–Trinajstić information content (AvgIpc) is 3.20. The number of benzene rings is 1. The lowest BCUT2D eigenvalue weighted by molar-refractivity contribution is -0.116. The number of thiazole rings is 1. The Kier molecular flexibility index (Phi) is 4.96. The lowest BCUT2D eigenvalue weighted by atomic mass is 10.0. The third kappa shape index (κ3) is 3.55. The van der Waals surface area contributed by atoms with Gasteiger partial charge in [-0.25, -0.2) is 4.98 Å². The van der Waals surface area contributed by atoms with Crippen molar-refractivity contribution in [2.24, 2.45) is 7.05 Å². The predicted octanol–water partition coefficient (Wildman–Crippen LogP) is 3.62. The molecular formula is C21H23N5O2S. The molecule has 0 unspecified atom stereocenters. The predicted molar refractivity (Wildman–Crippen MR) is 117 cm³/mol. The number of rotatable bonds is 5. The first-order chi connectivity index (χ1) is 13.9. The Hall–Kier alpha value is -3.00. The number of aromatic amines is 1. The molecule has 29 heavy (non-hydrogen) atoms. The molecule has 2 N–H and O–H groups in total. The quantitative estimate of drug-likeness (QED) is 0.526. The van der Waals surface area contributed by atoms with Gasteiger partial charge in [-0.1, -0.05) is 24.3 Å². The summed E-state index contributed by atoms with van der Waals surface area (Å²) in [5.74, 6) is -0.151. The summed E-state index contributed by atoms with van der Waals surface area (Å²) in [4.78, 5) is 32.4. The highest BCUT2D eigenvalue weighted by Crippen LogP contribution is 2.27. The van der Waals surface area contributed by atoms with Gasteiger partial charge < -0.3 is 10.3 Å². The largest absolute Gasteiger partial charge is 0.307 e. The van der Waals surface area contributed by atoms with Crippen LogP contribution in [0.1, 0.15) is 35.7 Å². The lowest BCUT2D eigenvalue weighted by Gasteiger charge is -2.07. The highest BCUT2D eigenvalue weighted by Gasteiger charge is 2.16. The molecule has 1 aromatic carbocycles. The molecule has 0 bridgehead atoms. The Morgan fingerprint density at radius 3 is 2.86 bits per heavy atom. The maximum Gasteiger partial charge on any atom is 0.253 e. The zero-order valence-electron chi connectivity index (χ0n) is 16.9. The second-order valence-corrected chi connectivity index (χ2v) is 8.24. The fourth-order valence-electron chi connectivity index (χ4n) is 3.72. The van der Waals surface area contributed by atoms with Crippen LogP contribution in [0.15, 0.2) is 23.0 Å². The molecule has 0 radical (unpaired) electrons. The first kappa shape index (κ1) is 19.3. The summed E-state index contributed by atoms with van der Waals surface area (Å²) in [6.07, 6.45) is 1.54.